The Morgan fingerprint density at radius 1 is 0.793 bits per heavy atom. The van der Waals surface area contributed by atoms with Crippen LogP contribution in [0.5, 0.6) is 0 Å². The number of hydrogen-bond acceptors (Lipinski definition) is 3. The van der Waals surface area contributed by atoms with Gasteiger partial charge in [0.25, 0.3) is 5.91 Å². The molecule has 0 saturated heterocycles. The lowest BCUT2D eigenvalue weighted by atomic mass is 10.2. The van der Waals surface area contributed by atoms with E-state index < -0.39 is 5.91 Å². The van der Waals surface area contributed by atoms with Crippen LogP contribution in [-0.4, -0.2) is 24.2 Å². The van der Waals surface area contributed by atoms with E-state index in [0.717, 1.165) is 16.9 Å². The molecule has 146 valence electrons. The first-order valence-corrected chi connectivity index (χ1v) is 9.00. The van der Waals surface area contributed by atoms with E-state index >= 15 is 0 Å². The van der Waals surface area contributed by atoms with Crippen molar-refractivity contribution >= 4 is 35.1 Å². The summed E-state index contributed by atoms with van der Waals surface area (Å²) in [4.78, 5) is 27.6. The number of hydroxylamine groups is 1. The summed E-state index contributed by atoms with van der Waals surface area (Å²) in [5.41, 5.74) is 4.55. The third kappa shape index (κ3) is 4.88. The third-order valence-electron chi connectivity index (χ3n) is 4.32. The summed E-state index contributed by atoms with van der Waals surface area (Å²) in [5, 5.41) is 8.53. The summed E-state index contributed by atoms with van der Waals surface area (Å²) < 4.78 is 0. The van der Waals surface area contributed by atoms with E-state index in [1.807, 2.05) is 60.7 Å². The Hall–Kier alpha value is -3.90. The quantitative estimate of drug-likeness (QED) is 0.382. The summed E-state index contributed by atoms with van der Waals surface area (Å²) in [6.45, 7) is 0. The van der Waals surface area contributed by atoms with Crippen LogP contribution in [0.3, 0.4) is 0 Å². The lowest BCUT2D eigenvalue weighted by Gasteiger charge is -2.28. The number of carbonyl (C=O) groups excluding carboxylic acids is 2. The summed E-state index contributed by atoms with van der Waals surface area (Å²) in [6, 6.07) is 25.9. The number of nitrogens with zero attached hydrogens (tertiary/aromatic N) is 2. The van der Waals surface area contributed by atoms with Crippen LogP contribution in [-0.2, 0) is 4.79 Å². The second-order valence-corrected chi connectivity index (χ2v) is 6.25. The van der Waals surface area contributed by atoms with E-state index in [1.54, 1.807) is 47.2 Å². The number of nitrogens with one attached hydrogen (secondary N) is 1. The Morgan fingerprint density at radius 2 is 1.31 bits per heavy atom. The highest BCUT2D eigenvalue weighted by Gasteiger charge is 2.22. The molecule has 0 bridgehead atoms. The smallest absolute Gasteiger partial charge is 0.297 e. The van der Waals surface area contributed by atoms with E-state index in [-0.39, 0.29) is 6.03 Å². The molecular formula is C23H21N3O3. The van der Waals surface area contributed by atoms with Crippen molar-refractivity contribution < 1.29 is 14.8 Å². The lowest BCUT2D eigenvalue weighted by Crippen LogP contribution is -2.38. The van der Waals surface area contributed by atoms with Gasteiger partial charge in [0.1, 0.15) is 0 Å². The molecule has 3 aromatic rings. The van der Waals surface area contributed by atoms with Crippen LogP contribution in [0.25, 0.3) is 6.08 Å². The molecule has 0 atom stereocenters. The lowest BCUT2D eigenvalue weighted by molar-refractivity contribution is -0.124. The molecule has 0 heterocycles. The number of rotatable bonds is 5. The van der Waals surface area contributed by atoms with Gasteiger partial charge in [-0.25, -0.2) is 10.3 Å². The fraction of sp³-hybridized carbons (Fsp3) is 0.0435. The highest BCUT2D eigenvalue weighted by molar-refractivity contribution is 6.08. The SMILES string of the molecule is CN(C(=O)N(c1ccccc1)c1ccccc1)c1ccc(C=CC(=O)NO)cc1. The van der Waals surface area contributed by atoms with Crippen molar-refractivity contribution in [1.29, 1.82) is 0 Å². The zero-order chi connectivity index (χ0) is 20.6. The third-order valence-corrected chi connectivity index (χ3v) is 4.32. The van der Waals surface area contributed by atoms with Gasteiger partial charge in [-0.2, -0.15) is 0 Å². The van der Waals surface area contributed by atoms with E-state index in [1.165, 1.54) is 11.6 Å². The molecule has 29 heavy (non-hydrogen) atoms. The monoisotopic (exact) mass is 387 g/mol. The maximum atomic E-state index is 13.3. The molecule has 0 saturated carbocycles. The van der Waals surface area contributed by atoms with Crippen molar-refractivity contribution in [2.24, 2.45) is 0 Å². The molecule has 0 aromatic heterocycles. The van der Waals surface area contributed by atoms with Crippen molar-refractivity contribution in [3.63, 3.8) is 0 Å². The summed E-state index contributed by atoms with van der Waals surface area (Å²) in [7, 11) is 1.71. The number of amides is 3. The largest absolute Gasteiger partial charge is 0.333 e. The number of urea groups is 1. The molecule has 3 rings (SSSR count). The van der Waals surface area contributed by atoms with E-state index in [4.69, 9.17) is 5.21 Å². The van der Waals surface area contributed by atoms with Crippen LogP contribution in [0.15, 0.2) is 91.0 Å². The topological polar surface area (TPSA) is 72.9 Å². The molecule has 2 N–H and O–H groups in total. The van der Waals surface area contributed by atoms with Crippen LogP contribution in [0.1, 0.15) is 5.56 Å². The maximum Gasteiger partial charge on any atom is 0.333 e. The maximum absolute atomic E-state index is 13.3. The van der Waals surface area contributed by atoms with Crippen molar-refractivity contribution in [1.82, 2.24) is 5.48 Å². The Morgan fingerprint density at radius 3 is 1.79 bits per heavy atom. The fourth-order valence-electron chi connectivity index (χ4n) is 2.80. The molecule has 6 nitrogen and oxygen atoms in total. The van der Waals surface area contributed by atoms with Gasteiger partial charge in [0, 0.05) is 18.8 Å². The average molecular weight is 387 g/mol. The molecule has 3 aromatic carbocycles. The van der Waals surface area contributed by atoms with Crippen LogP contribution in [0, 0.1) is 0 Å². The summed E-state index contributed by atoms with van der Waals surface area (Å²) >= 11 is 0. The normalized spacial score (nSPS) is 10.6. The minimum atomic E-state index is -0.609. The molecule has 0 spiro atoms. The molecule has 0 aliphatic heterocycles. The molecule has 0 unspecified atom stereocenters. The van der Waals surface area contributed by atoms with E-state index in [0.29, 0.717) is 5.69 Å². The van der Waals surface area contributed by atoms with Crippen molar-refractivity contribution in [2.45, 2.75) is 0 Å². The molecule has 0 aliphatic carbocycles. The van der Waals surface area contributed by atoms with Gasteiger partial charge in [-0.15, -0.1) is 0 Å². The Kier molecular flexibility index (Phi) is 6.40. The molecule has 6 heteroatoms. The van der Waals surface area contributed by atoms with Crippen LogP contribution in [0.2, 0.25) is 0 Å². The Labute approximate surface area is 169 Å². The van der Waals surface area contributed by atoms with Crippen molar-refractivity contribution in [3.05, 3.63) is 96.6 Å². The van der Waals surface area contributed by atoms with Gasteiger partial charge in [0.05, 0.1) is 11.4 Å². The first-order valence-electron chi connectivity index (χ1n) is 9.00. The van der Waals surface area contributed by atoms with Gasteiger partial charge < -0.3 is 0 Å². The van der Waals surface area contributed by atoms with Crippen molar-refractivity contribution in [2.75, 3.05) is 16.8 Å². The average Bonchev–Trinajstić information content (AvgIpc) is 2.79. The highest BCUT2D eigenvalue weighted by atomic mass is 16.5. The molecule has 3 amide bonds. The number of para-hydroxylation sites is 2. The first kappa shape index (κ1) is 19.9. The van der Waals surface area contributed by atoms with Gasteiger partial charge in [-0.3, -0.25) is 19.8 Å². The van der Waals surface area contributed by atoms with Gasteiger partial charge in [0.15, 0.2) is 0 Å². The van der Waals surface area contributed by atoms with Crippen LogP contribution < -0.4 is 15.3 Å². The minimum Gasteiger partial charge on any atom is -0.297 e. The van der Waals surface area contributed by atoms with E-state index in [2.05, 4.69) is 0 Å². The molecule has 0 aliphatic rings. The van der Waals surface area contributed by atoms with Crippen LogP contribution >= 0.6 is 0 Å². The minimum absolute atomic E-state index is 0.203. The standard InChI is InChI=1S/C23H21N3O3/c1-25(19-15-12-18(13-16-19)14-17-22(27)24-29)23(28)26(20-8-4-2-5-9-20)21-10-6-3-7-11-21/h2-17,29H,1H3,(H,24,27). The molecule has 0 fully saturated rings. The van der Waals surface area contributed by atoms with Gasteiger partial charge in [-0.05, 0) is 48.0 Å². The predicted molar refractivity (Wildman–Crippen MR) is 114 cm³/mol. The molecular weight excluding hydrogens is 366 g/mol. The number of hydrogen-bond donors (Lipinski definition) is 2. The zero-order valence-corrected chi connectivity index (χ0v) is 15.9. The summed E-state index contributed by atoms with van der Waals surface area (Å²) in [5.74, 6) is -0.609. The number of benzene rings is 3. The second kappa shape index (κ2) is 9.34. The molecule has 0 radical (unpaired) electrons. The first-order chi connectivity index (χ1) is 14.1. The van der Waals surface area contributed by atoms with Gasteiger partial charge in [0.2, 0.25) is 0 Å². The van der Waals surface area contributed by atoms with Gasteiger partial charge in [-0.1, -0.05) is 48.5 Å². The fourth-order valence-corrected chi connectivity index (χ4v) is 2.80. The summed E-state index contributed by atoms with van der Waals surface area (Å²) in [6.07, 6.45) is 2.79. The number of carbonyl (C=O) groups is 2. The van der Waals surface area contributed by atoms with Gasteiger partial charge >= 0.3 is 6.03 Å². The zero-order valence-electron chi connectivity index (χ0n) is 15.9. The Balaban J connectivity index is 1.86. The van der Waals surface area contributed by atoms with Crippen molar-refractivity contribution in [3.8, 4) is 0 Å². The Bertz CT molecular complexity index is 947. The highest BCUT2D eigenvalue weighted by Crippen LogP contribution is 2.28. The second-order valence-electron chi connectivity index (χ2n) is 6.25. The number of anilines is 3. The predicted octanol–water partition coefficient (Wildman–Crippen LogP) is 4.60. The van der Waals surface area contributed by atoms with Crippen LogP contribution in [0.4, 0.5) is 21.9 Å². The van der Waals surface area contributed by atoms with E-state index in [9.17, 15) is 9.59 Å².